The summed E-state index contributed by atoms with van der Waals surface area (Å²) in [5.74, 6) is -0.481. The van der Waals surface area contributed by atoms with E-state index in [-0.39, 0.29) is 5.56 Å². The lowest BCUT2D eigenvalue weighted by atomic mass is 10.1. The van der Waals surface area contributed by atoms with Crippen molar-refractivity contribution >= 4 is 16.6 Å². The van der Waals surface area contributed by atoms with Gasteiger partial charge in [0.2, 0.25) is 0 Å². The van der Waals surface area contributed by atoms with Gasteiger partial charge in [0.1, 0.15) is 11.9 Å². The predicted octanol–water partition coefficient (Wildman–Crippen LogP) is 3.79. The van der Waals surface area contributed by atoms with Gasteiger partial charge in [-0.2, -0.15) is 5.26 Å². The molecule has 0 unspecified atom stereocenters. The summed E-state index contributed by atoms with van der Waals surface area (Å²) in [5, 5.41) is 13.2. The Balaban J connectivity index is 1.77. The molecule has 0 atom stereocenters. The molecule has 3 aromatic rings. The molecule has 0 fully saturated rings. The van der Waals surface area contributed by atoms with Gasteiger partial charge in [-0.3, -0.25) is 0 Å². The summed E-state index contributed by atoms with van der Waals surface area (Å²) < 4.78 is 13.2. The molecule has 0 spiro atoms. The molecule has 0 aliphatic rings. The highest BCUT2D eigenvalue weighted by Crippen LogP contribution is 2.19. The summed E-state index contributed by atoms with van der Waals surface area (Å²) in [6.45, 7) is 0.547. The van der Waals surface area contributed by atoms with Gasteiger partial charge in [0.05, 0.1) is 5.56 Å². The Bertz CT molecular complexity index is 799. The van der Waals surface area contributed by atoms with Gasteiger partial charge in [0.15, 0.2) is 0 Å². The number of H-pyrrole nitrogens is 1. The second-order valence-corrected chi connectivity index (χ2v) is 4.56. The molecule has 0 bridgehead atoms. The van der Waals surface area contributed by atoms with E-state index in [1.165, 1.54) is 6.07 Å². The van der Waals surface area contributed by atoms with Gasteiger partial charge in [-0.1, -0.05) is 6.07 Å². The Morgan fingerprint density at radius 1 is 1.15 bits per heavy atom. The number of aromatic nitrogens is 1. The highest BCUT2D eigenvalue weighted by Gasteiger charge is 2.03. The lowest BCUT2D eigenvalue weighted by molar-refractivity contribution is 0.623. The number of hydrogen-bond acceptors (Lipinski definition) is 2. The van der Waals surface area contributed by atoms with Crippen molar-refractivity contribution in [1.82, 2.24) is 4.98 Å². The van der Waals surface area contributed by atoms with E-state index in [0.717, 1.165) is 22.2 Å². The molecule has 2 N–H and O–H groups in total. The molecule has 0 amide bonds. The monoisotopic (exact) mass is 265 g/mol. The highest BCUT2D eigenvalue weighted by atomic mass is 19.1. The Morgan fingerprint density at radius 3 is 2.90 bits per heavy atom. The first-order chi connectivity index (χ1) is 9.76. The third-order valence-corrected chi connectivity index (χ3v) is 3.20. The standard InChI is InChI=1S/C16H12FN3/c17-15-3-1-11(7-13(15)9-18)10-20-14-2-4-16-12(8-14)5-6-19-16/h1-8,19-20H,10H2. The van der Waals surface area contributed by atoms with E-state index in [1.54, 1.807) is 12.1 Å². The molecular weight excluding hydrogens is 253 g/mol. The Hall–Kier alpha value is -2.80. The molecule has 0 aliphatic heterocycles. The van der Waals surface area contributed by atoms with Gasteiger partial charge in [0, 0.05) is 29.3 Å². The van der Waals surface area contributed by atoms with Crippen molar-refractivity contribution in [3.8, 4) is 6.07 Å². The smallest absolute Gasteiger partial charge is 0.140 e. The van der Waals surface area contributed by atoms with Crippen molar-refractivity contribution in [3.05, 3.63) is 65.6 Å². The third-order valence-electron chi connectivity index (χ3n) is 3.20. The number of benzene rings is 2. The van der Waals surface area contributed by atoms with Crippen LogP contribution in [-0.2, 0) is 6.54 Å². The van der Waals surface area contributed by atoms with E-state index < -0.39 is 5.82 Å². The molecule has 1 heterocycles. The van der Waals surface area contributed by atoms with E-state index in [1.807, 2.05) is 36.5 Å². The van der Waals surface area contributed by atoms with Crippen LogP contribution in [0.1, 0.15) is 11.1 Å². The molecule has 3 nitrogen and oxygen atoms in total. The van der Waals surface area contributed by atoms with Gasteiger partial charge in [-0.25, -0.2) is 4.39 Å². The van der Waals surface area contributed by atoms with Gasteiger partial charge in [-0.05, 0) is 42.0 Å². The van der Waals surface area contributed by atoms with Crippen LogP contribution in [0.15, 0.2) is 48.7 Å². The molecule has 98 valence electrons. The van der Waals surface area contributed by atoms with Crippen molar-refractivity contribution in [2.75, 3.05) is 5.32 Å². The maximum atomic E-state index is 13.2. The first kappa shape index (κ1) is 12.2. The Labute approximate surface area is 115 Å². The van der Waals surface area contributed by atoms with Gasteiger partial charge < -0.3 is 10.3 Å². The number of halogens is 1. The van der Waals surface area contributed by atoms with E-state index in [0.29, 0.717) is 6.54 Å². The second kappa shape index (κ2) is 5.06. The van der Waals surface area contributed by atoms with Crippen LogP contribution < -0.4 is 5.32 Å². The fraction of sp³-hybridized carbons (Fsp3) is 0.0625. The van der Waals surface area contributed by atoms with E-state index >= 15 is 0 Å². The SMILES string of the molecule is N#Cc1cc(CNc2ccc3[nH]ccc3c2)ccc1F. The summed E-state index contributed by atoms with van der Waals surface area (Å²) in [5.41, 5.74) is 3.02. The number of nitrogens with zero attached hydrogens (tertiary/aromatic N) is 1. The number of hydrogen-bond donors (Lipinski definition) is 2. The van der Waals surface area contributed by atoms with Crippen LogP contribution in [0.2, 0.25) is 0 Å². The fourth-order valence-electron chi connectivity index (χ4n) is 2.14. The molecule has 20 heavy (non-hydrogen) atoms. The molecule has 0 saturated carbocycles. The molecule has 0 aliphatic carbocycles. The summed E-state index contributed by atoms with van der Waals surface area (Å²) in [4.78, 5) is 3.14. The van der Waals surface area contributed by atoms with E-state index in [9.17, 15) is 4.39 Å². The second-order valence-electron chi connectivity index (χ2n) is 4.56. The topological polar surface area (TPSA) is 51.6 Å². The first-order valence-electron chi connectivity index (χ1n) is 6.26. The zero-order valence-electron chi connectivity index (χ0n) is 10.7. The van der Waals surface area contributed by atoms with Gasteiger partial charge >= 0.3 is 0 Å². The average Bonchev–Trinajstić information content (AvgIpc) is 2.94. The number of nitriles is 1. The minimum atomic E-state index is -0.481. The number of fused-ring (bicyclic) bond motifs is 1. The lowest BCUT2D eigenvalue weighted by Crippen LogP contribution is -2.00. The minimum Gasteiger partial charge on any atom is -0.381 e. The van der Waals surface area contributed by atoms with Crippen LogP contribution >= 0.6 is 0 Å². The molecule has 0 radical (unpaired) electrons. The predicted molar refractivity (Wildman–Crippen MR) is 76.7 cm³/mol. The van der Waals surface area contributed by atoms with Crippen molar-refractivity contribution in [1.29, 1.82) is 5.26 Å². The highest BCUT2D eigenvalue weighted by molar-refractivity contribution is 5.82. The van der Waals surface area contributed by atoms with Crippen LogP contribution in [0.25, 0.3) is 10.9 Å². The zero-order valence-corrected chi connectivity index (χ0v) is 10.7. The first-order valence-corrected chi connectivity index (χ1v) is 6.26. The summed E-state index contributed by atoms with van der Waals surface area (Å²) in [6, 6.07) is 14.4. The van der Waals surface area contributed by atoms with Crippen molar-refractivity contribution in [2.24, 2.45) is 0 Å². The summed E-state index contributed by atoms with van der Waals surface area (Å²) in [6.07, 6.45) is 1.90. The van der Waals surface area contributed by atoms with Crippen LogP contribution in [0.4, 0.5) is 10.1 Å². The van der Waals surface area contributed by atoms with Crippen molar-refractivity contribution < 1.29 is 4.39 Å². The van der Waals surface area contributed by atoms with Crippen LogP contribution in [0.5, 0.6) is 0 Å². The zero-order chi connectivity index (χ0) is 13.9. The largest absolute Gasteiger partial charge is 0.381 e. The average molecular weight is 265 g/mol. The molecule has 0 saturated heterocycles. The van der Waals surface area contributed by atoms with Crippen LogP contribution in [0, 0.1) is 17.1 Å². The van der Waals surface area contributed by atoms with Gasteiger partial charge in [0.25, 0.3) is 0 Å². The van der Waals surface area contributed by atoms with Crippen molar-refractivity contribution in [2.45, 2.75) is 6.54 Å². The summed E-state index contributed by atoms with van der Waals surface area (Å²) >= 11 is 0. The number of aromatic amines is 1. The quantitative estimate of drug-likeness (QED) is 0.757. The number of nitrogens with one attached hydrogen (secondary N) is 2. The summed E-state index contributed by atoms with van der Waals surface area (Å²) in [7, 11) is 0. The molecule has 2 aromatic carbocycles. The van der Waals surface area contributed by atoms with Crippen LogP contribution in [-0.4, -0.2) is 4.98 Å². The molecular formula is C16H12FN3. The third kappa shape index (κ3) is 2.34. The maximum absolute atomic E-state index is 13.2. The van der Waals surface area contributed by atoms with E-state index in [2.05, 4.69) is 10.3 Å². The minimum absolute atomic E-state index is 0.0744. The number of anilines is 1. The molecule has 1 aromatic heterocycles. The van der Waals surface area contributed by atoms with Crippen LogP contribution in [0.3, 0.4) is 0 Å². The Morgan fingerprint density at radius 2 is 2.05 bits per heavy atom. The molecule has 3 rings (SSSR count). The normalized spacial score (nSPS) is 10.4. The Kier molecular flexibility index (Phi) is 3.10. The van der Waals surface area contributed by atoms with E-state index in [4.69, 9.17) is 5.26 Å². The van der Waals surface area contributed by atoms with Crippen molar-refractivity contribution in [3.63, 3.8) is 0 Å². The maximum Gasteiger partial charge on any atom is 0.140 e. The lowest BCUT2D eigenvalue weighted by Gasteiger charge is -2.07. The molecule has 4 heteroatoms. The fourth-order valence-corrected chi connectivity index (χ4v) is 2.14. The number of rotatable bonds is 3. The van der Waals surface area contributed by atoms with Gasteiger partial charge in [-0.15, -0.1) is 0 Å².